The zero-order chi connectivity index (χ0) is 14.1. The lowest BCUT2D eigenvalue weighted by Gasteiger charge is -2.13. The Morgan fingerprint density at radius 3 is 2.58 bits per heavy atom. The molecule has 1 rings (SSSR count). The zero-order valence-corrected chi connectivity index (χ0v) is 13.3. The average Bonchev–Trinajstić information content (AvgIpc) is 2.37. The van der Waals surface area contributed by atoms with E-state index in [1.165, 1.54) is 6.42 Å². The summed E-state index contributed by atoms with van der Waals surface area (Å²) >= 11 is 3.39. The Hall–Kier alpha value is -0.580. The van der Waals surface area contributed by atoms with Gasteiger partial charge < -0.3 is 15.2 Å². The minimum absolute atomic E-state index is 0.390. The van der Waals surface area contributed by atoms with Gasteiger partial charge in [0.05, 0.1) is 12.7 Å². The Labute approximate surface area is 124 Å². The summed E-state index contributed by atoms with van der Waals surface area (Å²) in [5.41, 5.74) is 1.00. The Kier molecular flexibility index (Phi) is 8.10. The van der Waals surface area contributed by atoms with Crippen LogP contribution in [-0.2, 0) is 4.74 Å². The largest absolute Gasteiger partial charge is 0.389 e. The predicted octanol–water partition coefficient (Wildman–Crippen LogP) is 3.67. The van der Waals surface area contributed by atoms with E-state index < -0.39 is 6.10 Å². The van der Waals surface area contributed by atoms with Crippen molar-refractivity contribution < 1.29 is 9.84 Å². The number of ether oxygens (including phenoxy) is 1. The maximum absolute atomic E-state index is 9.78. The summed E-state index contributed by atoms with van der Waals surface area (Å²) in [5.74, 6) is 0.715. The van der Waals surface area contributed by atoms with Gasteiger partial charge in [0.1, 0.15) is 0 Å². The number of halogens is 1. The van der Waals surface area contributed by atoms with Crippen molar-refractivity contribution in [2.45, 2.75) is 32.8 Å². The van der Waals surface area contributed by atoms with Gasteiger partial charge in [-0.05, 0) is 43.0 Å². The highest BCUT2D eigenvalue weighted by Gasteiger charge is 2.04. The second-order valence-electron chi connectivity index (χ2n) is 5.15. The Morgan fingerprint density at radius 1 is 1.26 bits per heavy atom. The lowest BCUT2D eigenvalue weighted by atomic mass is 10.1. The summed E-state index contributed by atoms with van der Waals surface area (Å²) < 4.78 is 6.50. The van der Waals surface area contributed by atoms with E-state index in [2.05, 4.69) is 35.1 Å². The molecule has 0 radical (unpaired) electrons. The van der Waals surface area contributed by atoms with Crippen molar-refractivity contribution in [2.24, 2.45) is 5.92 Å². The van der Waals surface area contributed by atoms with Crippen molar-refractivity contribution in [3.63, 3.8) is 0 Å². The third-order valence-corrected chi connectivity index (χ3v) is 3.30. The minimum atomic E-state index is -0.470. The number of anilines is 1. The molecule has 0 spiro atoms. The van der Waals surface area contributed by atoms with Crippen molar-refractivity contribution >= 4 is 21.6 Å². The molecule has 0 saturated heterocycles. The van der Waals surface area contributed by atoms with Crippen molar-refractivity contribution in [2.75, 3.05) is 25.1 Å². The highest BCUT2D eigenvalue weighted by atomic mass is 79.9. The zero-order valence-electron chi connectivity index (χ0n) is 11.7. The van der Waals surface area contributed by atoms with Crippen LogP contribution in [0.1, 0.15) is 26.7 Å². The van der Waals surface area contributed by atoms with Gasteiger partial charge in [0.15, 0.2) is 0 Å². The van der Waals surface area contributed by atoms with E-state index in [9.17, 15) is 5.11 Å². The number of aliphatic hydroxyl groups is 1. The first-order chi connectivity index (χ1) is 9.08. The predicted molar refractivity (Wildman–Crippen MR) is 83.5 cm³/mol. The summed E-state index contributed by atoms with van der Waals surface area (Å²) in [6, 6.07) is 7.88. The van der Waals surface area contributed by atoms with Crippen LogP contribution in [0.5, 0.6) is 0 Å². The standard InChI is InChI=1S/C15H24BrNO2/c1-12(2)4-3-9-19-11-15(18)10-17-14-7-5-13(16)6-8-14/h5-8,12,15,17-18H,3-4,9-11H2,1-2H3. The topological polar surface area (TPSA) is 41.5 Å². The van der Waals surface area contributed by atoms with Crippen LogP contribution in [0.25, 0.3) is 0 Å². The molecule has 1 unspecified atom stereocenters. The molecule has 19 heavy (non-hydrogen) atoms. The van der Waals surface area contributed by atoms with Gasteiger partial charge in [0.2, 0.25) is 0 Å². The summed E-state index contributed by atoms with van der Waals surface area (Å²) in [6.45, 7) is 6.04. The van der Waals surface area contributed by atoms with Crippen molar-refractivity contribution in [3.05, 3.63) is 28.7 Å². The lowest BCUT2D eigenvalue weighted by Crippen LogP contribution is -2.25. The van der Waals surface area contributed by atoms with E-state index in [4.69, 9.17) is 4.74 Å². The van der Waals surface area contributed by atoms with Gasteiger partial charge in [-0.15, -0.1) is 0 Å². The fourth-order valence-corrected chi connectivity index (χ4v) is 1.94. The number of rotatable bonds is 9. The molecular weight excluding hydrogens is 306 g/mol. The molecule has 3 nitrogen and oxygen atoms in total. The maximum atomic E-state index is 9.78. The molecule has 0 aliphatic rings. The van der Waals surface area contributed by atoms with Gasteiger partial charge in [-0.25, -0.2) is 0 Å². The van der Waals surface area contributed by atoms with Crippen LogP contribution in [0.15, 0.2) is 28.7 Å². The van der Waals surface area contributed by atoms with Crippen molar-refractivity contribution in [3.8, 4) is 0 Å². The molecule has 0 bridgehead atoms. The molecule has 108 valence electrons. The summed E-state index contributed by atoms with van der Waals surface area (Å²) in [5, 5.41) is 13.0. The fraction of sp³-hybridized carbons (Fsp3) is 0.600. The Balaban J connectivity index is 2.07. The number of benzene rings is 1. The smallest absolute Gasteiger partial charge is 0.0945 e. The molecule has 4 heteroatoms. The first-order valence-electron chi connectivity index (χ1n) is 6.83. The molecule has 0 saturated carbocycles. The molecule has 0 aromatic heterocycles. The normalized spacial score (nSPS) is 12.7. The molecular formula is C15H24BrNO2. The van der Waals surface area contributed by atoms with E-state index in [0.717, 1.165) is 23.2 Å². The fourth-order valence-electron chi connectivity index (χ4n) is 1.68. The minimum Gasteiger partial charge on any atom is -0.389 e. The van der Waals surface area contributed by atoms with Crippen LogP contribution < -0.4 is 5.32 Å². The first kappa shape index (κ1) is 16.5. The van der Waals surface area contributed by atoms with Gasteiger partial charge in [-0.3, -0.25) is 0 Å². The molecule has 0 fully saturated rings. The van der Waals surface area contributed by atoms with E-state index in [1.54, 1.807) is 0 Å². The van der Waals surface area contributed by atoms with Crippen LogP contribution >= 0.6 is 15.9 Å². The van der Waals surface area contributed by atoms with Crippen LogP contribution in [0, 0.1) is 5.92 Å². The highest BCUT2D eigenvalue weighted by Crippen LogP contribution is 2.13. The van der Waals surface area contributed by atoms with Crippen LogP contribution in [0.4, 0.5) is 5.69 Å². The van der Waals surface area contributed by atoms with Gasteiger partial charge >= 0.3 is 0 Å². The third-order valence-electron chi connectivity index (χ3n) is 2.77. The summed E-state index contributed by atoms with van der Waals surface area (Å²) in [7, 11) is 0. The van der Waals surface area contributed by atoms with Gasteiger partial charge in [-0.1, -0.05) is 29.8 Å². The lowest BCUT2D eigenvalue weighted by molar-refractivity contribution is 0.0409. The molecule has 0 heterocycles. The average molecular weight is 330 g/mol. The van der Waals surface area contributed by atoms with Gasteiger partial charge in [-0.2, -0.15) is 0 Å². The Bertz CT molecular complexity index is 341. The molecule has 1 aromatic carbocycles. The Morgan fingerprint density at radius 2 is 1.95 bits per heavy atom. The molecule has 0 amide bonds. The molecule has 1 aromatic rings. The molecule has 0 aliphatic carbocycles. The van der Waals surface area contributed by atoms with Gasteiger partial charge in [0, 0.05) is 23.3 Å². The SMILES string of the molecule is CC(C)CCCOCC(O)CNc1ccc(Br)cc1. The third kappa shape index (κ3) is 8.24. The second kappa shape index (κ2) is 9.34. The number of nitrogens with one attached hydrogen (secondary N) is 1. The van der Waals surface area contributed by atoms with Crippen molar-refractivity contribution in [1.29, 1.82) is 0 Å². The van der Waals surface area contributed by atoms with E-state index in [1.807, 2.05) is 24.3 Å². The van der Waals surface area contributed by atoms with E-state index in [0.29, 0.717) is 19.1 Å². The van der Waals surface area contributed by atoms with E-state index >= 15 is 0 Å². The highest BCUT2D eigenvalue weighted by molar-refractivity contribution is 9.10. The van der Waals surface area contributed by atoms with E-state index in [-0.39, 0.29) is 0 Å². The quantitative estimate of drug-likeness (QED) is 0.679. The maximum Gasteiger partial charge on any atom is 0.0945 e. The summed E-state index contributed by atoms with van der Waals surface area (Å²) in [4.78, 5) is 0. The second-order valence-corrected chi connectivity index (χ2v) is 6.07. The molecule has 1 atom stereocenters. The monoisotopic (exact) mass is 329 g/mol. The number of hydrogen-bond donors (Lipinski definition) is 2. The number of hydrogen-bond acceptors (Lipinski definition) is 3. The number of aliphatic hydroxyl groups excluding tert-OH is 1. The first-order valence-corrected chi connectivity index (χ1v) is 7.62. The summed E-state index contributed by atoms with van der Waals surface area (Å²) in [6.07, 6.45) is 1.76. The van der Waals surface area contributed by atoms with Gasteiger partial charge in [0.25, 0.3) is 0 Å². The molecule has 2 N–H and O–H groups in total. The van der Waals surface area contributed by atoms with Crippen LogP contribution in [0.2, 0.25) is 0 Å². The van der Waals surface area contributed by atoms with Crippen molar-refractivity contribution in [1.82, 2.24) is 0 Å². The van der Waals surface area contributed by atoms with Crippen LogP contribution in [0.3, 0.4) is 0 Å². The van der Waals surface area contributed by atoms with Crippen LogP contribution in [-0.4, -0.2) is 31.0 Å². The molecule has 0 aliphatic heterocycles.